The zero-order valence-electron chi connectivity index (χ0n) is 11.6. The Morgan fingerprint density at radius 3 is 3.00 bits per heavy atom. The first-order valence-corrected chi connectivity index (χ1v) is 7.35. The van der Waals surface area contributed by atoms with E-state index in [0.717, 1.165) is 12.1 Å². The molecule has 1 atom stereocenters. The minimum absolute atomic E-state index is 0.0836. The highest BCUT2D eigenvalue weighted by Gasteiger charge is 2.17. The van der Waals surface area contributed by atoms with Crippen LogP contribution in [0, 0.1) is 0 Å². The van der Waals surface area contributed by atoms with E-state index in [0.29, 0.717) is 6.54 Å². The molecule has 0 saturated heterocycles. The maximum atomic E-state index is 12.1. The minimum Gasteiger partial charge on any atom is -0.338 e. The van der Waals surface area contributed by atoms with E-state index in [4.69, 9.17) is 0 Å². The van der Waals surface area contributed by atoms with Crippen molar-refractivity contribution < 1.29 is 4.79 Å². The minimum atomic E-state index is -0.0901. The number of hydrogen-bond donors (Lipinski definition) is 1. The van der Waals surface area contributed by atoms with Crippen molar-refractivity contribution in [3.05, 3.63) is 46.7 Å². The highest BCUT2D eigenvalue weighted by molar-refractivity contribution is 7.09. The van der Waals surface area contributed by atoms with Crippen molar-refractivity contribution in [1.29, 1.82) is 0 Å². The van der Waals surface area contributed by atoms with Crippen LogP contribution in [0.25, 0.3) is 0 Å². The Bertz CT molecular complexity index is 529. The van der Waals surface area contributed by atoms with E-state index in [2.05, 4.69) is 21.4 Å². The average molecular weight is 290 g/mol. The van der Waals surface area contributed by atoms with Gasteiger partial charge in [-0.05, 0) is 30.9 Å². The van der Waals surface area contributed by atoms with E-state index >= 15 is 0 Å². The lowest BCUT2D eigenvalue weighted by Gasteiger charge is -2.24. The first-order valence-electron chi connectivity index (χ1n) is 6.47. The molecule has 2 heterocycles. The molecule has 20 heavy (non-hydrogen) atoms. The van der Waals surface area contributed by atoms with Gasteiger partial charge in [0.15, 0.2) is 0 Å². The number of nitrogens with zero attached hydrogens (tertiary/aromatic N) is 3. The summed E-state index contributed by atoms with van der Waals surface area (Å²) in [6.45, 7) is 2.58. The topological polar surface area (TPSA) is 58.1 Å². The molecule has 0 saturated carbocycles. The summed E-state index contributed by atoms with van der Waals surface area (Å²) in [4.78, 5) is 23.0. The molecule has 0 unspecified atom stereocenters. The second-order valence-corrected chi connectivity index (χ2v) is 5.51. The summed E-state index contributed by atoms with van der Waals surface area (Å²) in [5.74, 6) is 0. The van der Waals surface area contributed by atoms with E-state index in [1.165, 1.54) is 11.2 Å². The number of nitrogens with one attached hydrogen (secondary N) is 1. The highest BCUT2D eigenvalue weighted by Crippen LogP contribution is 2.15. The number of urea groups is 1. The van der Waals surface area contributed by atoms with Crippen molar-refractivity contribution >= 4 is 17.4 Å². The Balaban J connectivity index is 1.82. The molecule has 1 N–H and O–H groups in total. The number of carbonyl (C=O) groups is 1. The first-order chi connectivity index (χ1) is 9.68. The van der Waals surface area contributed by atoms with Crippen LogP contribution in [-0.2, 0) is 6.42 Å². The molecule has 2 aromatic rings. The molecule has 5 nitrogen and oxygen atoms in total. The van der Waals surface area contributed by atoms with Crippen LogP contribution in [-0.4, -0.2) is 34.5 Å². The molecule has 0 aliphatic heterocycles. The van der Waals surface area contributed by atoms with Gasteiger partial charge in [-0.15, -0.1) is 11.3 Å². The zero-order valence-corrected chi connectivity index (χ0v) is 12.4. The third-order valence-electron chi connectivity index (χ3n) is 3.16. The molecule has 0 aliphatic carbocycles. The van der Waals surface area contributed by atoms with Gasteiger partial charge in [-0.25, -0.2) is 14.8 Å². The number of rotatable bonds is 5. The van der Waals surface area contributed by atoms with Gasteiger partial charge in [-0.2, -0.15) is 0 Å². The third-order valence-corrected chi connectivity index (χ3v) is 4.10. The Morgan fingerprint density at radius 1 is 1.50 bits per heavy atom. The lowest BCUT2D eigenvalue weighted by molar-refractivity contribution is 0.193. The number of thiophene rings is 1. The SMILES string of the molecule is C[C@@H](c1ccncn1)N(C)C(=O)NCCc1cccs1. The summed E-state index contributed by atoms with van der Waals surface area (Å²) in [6, 6.07) is 5.74. The predicted molar refractivity (Wildman–Crippen MR) is 79.6 cm³/mol. The fourth-order valence-corrected chi connectivity index (χ4v) is 2.50. The van der Waals surface area contributed by atoms with Crippen LogP contribution in [0.2, 0.25) is 0 Å². The van der Waals surface area contributed by atoms with Crippen LogP contribution >= 0.6 is 11.3 Å². The quantitative estimate of drug-likeness (QED) is 0.920. The van der Waals surface area contributed by atoms with Crippen LogP contribution < -0.4 is 5.32 Å². The van der Waals surface area contributed by atoms with Crippen molar-refractivity contribution in [3.63, 3.8) is 0 Å². The zero-order chi connectivity index (χ0) is 14.4. The first kappa shape index (κ1) is 14.5. The summed E-state index contributed by atoms with van der Waals surface area (Å²) in [5, 5.41) is 4.96. The Hall–Kier alpha value is -1.95. The van der Waals surface area contributed by atoms with Gasteiger partial charge < -0.3 is 10.2 Å². The summed E-state index contributed by atoms with van der Waals surface area (Å²) in [6.07, 6.45) is 4.04. The van der Waals surface area contributed by atoms with Crippen molar-refractivity contribution in [3.8, 4) is 0 Å². The molecule has 0 radical (unpaired) electrons. The fraction of sp³-hybridized carbons (Fsp3) is 0.357. The maximum absolute atomic E-state index is 12.1. The van der Waals surface area contributed by atoms with Crippen LogP contribution in [0.3, 0.4) is 0 Å². The molecule has 0 aromatic carbocycles. The van der Waals surface area contributed by atoms with E-state index < -0.39 is 0 Å². The van der Waals surface area contributed by atoms with Gasteiger partial charge in [-0.1, -0.05) is 6.07 Å². The molecule has 0 bridgehead atoms. The molecule has 2 amide bonds. The fourth-order valence-electron chi connectivity index (χ4n) is 1.79. The van der Waals surface area contributed by atoms with Gasteiger partial charge in [0, 0.05) is 24.7 Å². The molecule has 2 aromatic heterocycles. The summed E-state index contributed by atoms with van der Waals surface area (Å²) in [5.41, 5.74) is 0.830. The largest absolute Gasteiger partial charge is 0.338 e. The van der Waals surface area contributed by atoms with E-state index in [1.54, 1.807) is 29.5 Å². The van der Waals surface area contributed by atoms with E-state index in [-0.39, 0.29) is 12.1 Å². The molecule has 6 heteroatoms. The molecule has 0 fully saturated rings. The standard InChI is InChI=1S/C14H18N4OS/c1-11(13-6-7-15-10-17-13)18(2)14(19)16-8-5-12-4-3-9-20-12/h3-4,6-7,9-11H,5,8H2,1-2H3,(H,16,19)/t11-/m0/s1. The molecule has 0 spiro atoms. The van der Waals surface area contributed by atoms with Crippen molar-refractivity contribution in [2.75, 3.05) is 13.6 Å². The Kier molecular flexibility index (Phi) is 5.06. The predicted octanol–water partition coefficient (Wildman–Crippen LogP) is 2.48. The van der Waals surface area contributed by atoms with Crippen LogP contribution in [0.4, 0.5) is 4.79 Å². The van der Waals surface area contributed by atoms with Crippen molar-refractivity contribution in [2.45, 2.75) is 19.4 Å². The van der Waals surface area contributed by atoms with Crippen LogP contribution in [0.1, 0.15) is 23.5 Å². The second kappa shape index (κ2) is 7.00. The van der Waals surface area contributed by atoms with Crippen molar-refractivity contribution in [2.24, 2.45) is 0 Å². The van der Waals surface area contributed by atoms with Gasteiger partial charge in [0.05, 0.1) is 11.7 Å². The van der Waals surface area contributed by atoms with Gasteiger partial charge in [0.1, 0.15) is 6.33 Å². The van der Waals surface area contributed by atoms with Crippen LogP contribution in [0.5, 0.6) is 0 Å². The lowest BCUT2D eigenvalue weighted by atomic mass is 10.2. The number of hydrogen-bond acceptors (Lipinski definition) is 4. The second-order valence-electron chi connectivity index (χ2n) is 4.48. The highest BCUT2D eigenvalue weighted by atomic mass is 32.1. The van der Waals surface area contributed by atoms with Crippen molar-refractivity contribution in [1.82, 2.24) is 20.2 Å². The molecule has 2 rings (SSSR count). The normalized spacial score (nSPS) is 11.9. The number of carbonyl (C=O) groups excluding carboxylic acids is 1. The van der Waals surface area contributed by atoms with Gasteiger partial charge in [-0.3, -0.25) is 0 Å². The van der Waals surface area contributed by atoms with E-state index in [1.807, 2.05) is 24.4 Å². The summed E-state index contributed by atoms with van der Waals surface area (Å²) in [7, 11) is 1.77. The summed E-state index contributed by atoms with van der Waals surface area (Å²) < 4.78 is 0. The monoisotopic (exact) mass is 290 g/mol. The molecule has 0 aliphatic rings. The van der Waals surface area contributed by atoms with E-state index in [9.17, 15) is 4.79 Å². The average Bonchev–Trinajstić information content (AvgIpc) is 2.99. The van der Waals surface area contributed by atoms with Gasteiger partial charge in [0.25, 0.3) is 0 Å². The summed E-state index contributed by atoms with van der Waals surface area (Å²) >= 11 is 1.70. The third kappa shape index (κ3) is 3.77. The van der Waals surface area contributed by atoms with Crippen LogP contribution in [0.15, 0.2) is 36.1 Å². The number of aromatic nitrogens is 2. The lowest BCUT2D eigenvalue weighted by Crippen LogP contribution is -2.39. The van der Waals surface area contributed by atoms with Gasteiger partial charge in [0.2, 0.25) is 0 Å². The number of amides is 2. The maximum Gasteiger partial charge on any atom is 0.317 e. The Labute approximate surface area is 122 Å². The molecule has 106 valence electrons. The van der Waals surface area contributed by atoms with Gasteiger partial charge >= 0.3 is 6.03 Å². The Morgan fingerprint density at radius 2 is 2.35 bits per heavy atom. The molecular formula is C14H18N4OS. The molecular weight excluding hydrogens is 272 g/mol. The smallest absolute Gasteiger partial charge is 0.317 e.